The molecule has 146 valence electrons. The van der Waals surface area contributed by atoms with Crippen LogP contribution < -0.4 is 5.32 Å². The first-order valence-electron chi connectivity index (χ1n) is 10.1. The summed E-state index contributed by atoms with van der Waals surface area (Å²) in [5.41, 5.74) is 2.40. The predicted octanol–water partition coefficient (Wildman–Crippen LogP) is 5.46. The van der Waals surface area contributed by atoms with Crippen LogP contribution in [0.2, 0.25) is 0 Å². The van der Waals surface area contributed by atoms with Crippen LogP contribution in [0.3, 0.4) is 0 Å². The minimum Gasteiger partial charge on any atom is -0.356 e. The Morgan fingerprint density at radius 1 is 0.893 bits per heavy atom. The van der Waals surface area contributed by atoms with Crippen LogP contribution in [0, 0.1) is 5.92 Å². The van der Waals surface area contributed by atoms with E-state index in [2.05, 4.69) is 66.8 Å². The highest BCUT2D eigenvalue weighted by atomic mass is 32.1. The molecular formula is C25H29NOS. The van der Waals surface area contributed by atoms with E-state index in [-0.39, 0.29) is 17.1 Å². The molecule has 0 fully saturated rings. The molecule has 0 radical (unpaired) electrons. The fourth-order valence-corrected chi connectivity index (χ4v) is 3.99. The minimum atomic E-state index is -0.165. The summed E-state index contributed by atoms with van der Waals surface area (Å²) in [7, 11) is 0. The van der Waals surface area contributed by atoms with E-state index in [1.54, 1.807) is 0 Å². The number of thiol groups is 1. The van der Waals surface area contributed by atoms with Crippen LogP contribution in [-0.4, -0.2) is 17.7 Å². The van der Waals surface area contributed by atoms with Gasteiger partial charge in [-0.25, -0.2) is 0 Å². The number of carbonyl (C=O) groups excluding carboxylic acids is 1. The van der Waals surface area contributed by atoms with Gasteiger partial charge >= 0.3 is 0 Å². The van der Waals surface area contributed by atoms with Crippen molar-refractivity contribution in [1.29, 1.82) is 0 Å². The van der Waals surface area contributed by atoms with E-state index >= 15 is 0 Å². The van der Waals surface area contributed by atoms with Crippen LogP contribution in [-0.2, 0) is 17.6 Å². The highest BCUT2D eigenvalue weighted by Gasteiger charge is 2.26. The maximum absolute atomic E-state index is 13.0. The monoisotopic (exact) mass is 391 g/mol. The van der Waals surface area contributed by atoms with Crippen molar-refractivity contribution in [2.24, 2.45) is 5.92 Å². The van der Waals surface area contributed by atoms with E-state index in [1.165, 1.54) is 21.9 Å². The third-order valence-corrected chi connectivity index (χ3v) is 5.73. The van der Waals surface area contributed by atoms with Crippen LogP contribution in [0.15, 0.2) is 72.8 Å². The Balaban J connectivity index is 1.78. The van der Waals surface area contributed by atoms with Crippen molar-refractivity contribution in [3.63, 3.8) is 0 Å². The molecule has 0 aromatic heterocycles. The van der Waals surface area contributed by atoms with Gasteiger partial charge in [-0.2, -0.15) is 12.6 Å². The zero-order valence-corrected chi connectivity index (χ0v) is 17.4. The lowest BCUT2D eigenvalue weighted by atomic mass is 9.90. The third-order valence-electron chi connectivity index (χ3n) is 5.19. The second-order valence-electron chi connectivity index (χ2n) is 7.39. The zero-order chi connectivity index (χ0) is 19.8. The molecule has 0 heterocycles. The molecule has 28 heavy (non-hydrogen) atoms. The van der Waals surface area contributed by atoms with Crippen molar-refractivity contribution in [2.45, 2.75) is 37.9 Å². The third kappa shape index (κ3) is 5.62. The molecule has 3 heteroatoms. The van der Waals surface area contributed by atoms with Crippen molar-refractivity contribution in [2.75, 3.05) is 6.54 Å². The molecule has 3 aromatic rings. The smallest absolute Gasteiger partial charge is 0.224 e. The van der Waals surface area contributed by atoms with E-state index in [4.69, 9.17) is 12.6 Å². The van der Waals surface area contributed by atoms with Crippen molar-refractivity contribution >= 4 is 29.3 Å². The predicted molar refractivity (Wildman–Crippen MR) is 122 cm³/mol. The summed E-state index contributed by atoms with van der Waals surface area (Å²) in [6.45, 7) is 2.87. The summed E-state index contributed by atoms with van der Waals surface area (Å²) in [6, 6.07) is 25.1. The first-order valence-corrected chi connectivity index (χ1v) is 10.7. The number of unbranched alkanes of at least 4 members (excludes halogenated alkanes) is 1. The van der Waals surface area contributed by atoms with E-state index in [1.807, 2.05) is 18.2 Å². The highest BCUT2D eigenvalue weighted by molar-refractivity contribution is 7.81. The SMILES string of the molecule is CCCCNC(=O)C(Cc1ccc2ccccc2c1)C(S)Cc1ccccc1. The van der Waals surface area contributed by atoms with Crippen LogP contribution in [0.5, 0.6) is 0 Å². The van der Waals surface area contributed by atoms with Gasteiger partial charge in [-0.1, -0.05) is 86.1 Å². The standard InChI is InChI=1S/C25H29NOS/c1-2-3-15-26-25(27)23(24(28)18-19-9-5-4-6-10-19)17-20-13-14-21-11-7-8-12-22(21)16-20/h4-14,16,23-24,28H,2-3,15,17-18H2,1H3,(H,26,27). The van der Waals surface area contributed by atoms with Crippen molar-refractivity contribution in [3.05, 3.63) is 83.9 Å². The lowest BCUT2D eigenvalue weighted by Crippen LogP contribution is -2.38. The molecule has 1 N–H and O–H groups in total. The quantitative estimate of drug-likeness (QED) is 0.368. The Morgan fingerprint density at radius 2 is 1.61 bits per heavy atom. The summed E-state index contributed by atoms with van der Waals surface area (Å²) >= 11 is 4.86. The van der Waals surface area contributed by atoms with Crippen LogP contribution in [0.1, 0.15) is 30.9 Å². The fourth-order valence-electron chi connectivity index (χ4n) is 3.54. The van der Waals surface area contributed by atoms with Gasteiger partial charge in [0.1, 0.15) is 0 Å². The van der Waals surface area contributed by atoms with Crippen LogP contribution in [0.4, 0.5) is 0 Å². The van der Waals surface area contributed by atoms with Gasteiger partial charge in [0, 0.05) is 11.8 Å². The molecule has 0 aliphatic rings. The summed E-state index contributed by atoms with van der Waals surface area (Å²) in [5.74, 6) is -0.0564. The normalized spacial score (nSPS) is 13.2. The topological polar surface area (TPSA) is 29.1 Å². The Bertz CT molecular complexity index is 893. The minimum absolute atomic E-state index is 0.0319. The molecule has 0 aliphatic carbocycles. The van der Waals surface area contributed by atoms with E-state index in [0.29, 0.717) is 6.42 Å². The molecule has 2 atom stereocenters. The number of hydrogen-bond acceptors (Lipinski definition) is 2. The summed E-state index contributed by atoms with van der Waals surface area (Å²) in [5, 5.41) is 5.52. The van der Waals surface area contributed by atoms with E-state index < -0.39 is 0 Å². The van der Waals surface area contributed by atoms with Gasteiger partial charge in [0.25, 0.3) is 0 Å². The molecule has 3 rings (SSSR count). The highest BCUT2D eigenvalue weighted by Crippen LogP contribution is 2.24. The average Bonchev–Trinajstić information content (AvgIpc) is 2.72. The van der Waals surface area contributed by atoms with Gasteiger partial charge in [-0.05, 0) is 41.2 Å². The first kappa shape index (κ1) is 20.5. The Labute approximate surface area is 173 Å². The van der Waals surface area contributed by atoms with Crippen molar-refractivity contribution < 1.29 is 4.79 Å². The maximum Gasteiger partial charge on any atom is 0.224 e. The average molecular weight is 392 g/mol. The fraction of sp³-hybridized carbons (Fsp3) is 0.320. The number of benzene rings is 3. The molecule has 0 saturated carbocycles. The number of fused-ring (bicyclic) bond motifs is 1. The summed E-state index contributed by atoms with van der Waals surface area (Å²) in [4.78, 5) is 13.0. The van der Waals surface area contributed by atoms with Gasteiger partial charge in [0.15, 0.2) is 0 Å². The first-order chi connectivity index (χ1) is 13.7. The van der Waals surface area contributed by atoms with Crippen LogP contribution in [0.25, 0.3) is 10.8 Å². The molecule has 3 aromatic carbocycles. The van der Waals surface area contributed by atoms with Crippen molar-refractivity contribution in [3.8, 4) is 0 Å². The molecule has 0 aliphatic heterocycles. The lowest BCUT2D eigenvalue weighted by molar-refractivity contribution is -0.124. The molecule has 0 saturated heterocycles. The number of carbonyl (C=O) groups is 1. The van der Waals surface area contributed by atoms with Crippen molar-refractivity contribution in [1.82, 2.24) is 5.32 Å². The second-order valence-corrected chi connectivity index (χ2v) is 8.06. The molecule has 2 unspecified atom stereocenters. The van der Waals surface area contributed by atoms with Gasteiger partial charge in [0.2, 0.25) is 5.91 Å². The molecule has 1 amide bonds. The zero-order valence-electron chi connectivity index (χ0n) is 16.5. The maximum atomic E-state index is 13.0. The van der Waals surface area contributed by atoms with Gasteiger partial charge in [0.05, 0.1) is 5.92 Å². The van der Waals surface area contributed by atoms with Gasteiger partial charge in [-0.3, -0.25) is 4.79 Å². The molecular weight excluding hydrogens is 362 g/mol. The van der Waals surface area contributed by atoms with E-state index in [9.17, 15) is 4.79 Å². The molecule has 2 nitrogen and oxygen atoms in total. The summed E-state index contributed by atoms with van der Waals surface area (Å²) < 4.78 is 0. The lowest BCUT2D eigenvalue weighted by Gasteiger charge is -2.23. The van der Waals surface area contributed by atoms with E-state index in [0.717, 1.165) is 25.8 Å². The Hall–Kier alpha value is -2.26. The number of rotatable bonds is 9. The molecule has 0 bridgehead atoms. The number of amides is 1. The molecule has 0 spiro atoms. The number of hydrogen-bond donors (Lipinski definition) is 2. The van der Waals surface area contributed by atoms with Crippen LogP contribution >= 0.6 is 12.6 Å². The summed E-state index contributed by atoms with van der Waals surface area (Å²) in [6.07, 6.45) is 3.56. The van der Waals surface area contributed by atoms with Gasteiger partial charge < -0.3 is 5.32 Å². The Kier molecular flexibility index (Phi) is 7.55. The van der Waals surface area contributed by atoms with Gasteiger partial charge in [-0.15, -0.1) is 0 Å². The second kappa shape index (κ2) is 10.3. The number of nitrogens with one attached hydrogen (secondary N) is 1. The largest absolute Gasteiger partial charge is 0.356 e. The Morgan fingerprint density at radius 3 is 2.36 bits per heavy atom.